The van der Waals surface area contributed by atoms with Gasteiger partial charge >= 0.3 is 11.9 Å². The second-order valence-electron chi connectivity index (χ2n) is 4.35. The zero-order valence-corrected chi connectivity index (χ0v) is 11.3. The Kier molecular flexibility index (Phi) is 8.00. The largest absolute Gasteiger partial charge is 0.480 e. The fraction of sp³-hybridized carbons (Fsp3) is 0.769. The second-order valence-corrected chi connectivity index (χ2v) is 4.35. The second kappa shape index (κ2) is 8.66. The lowest BCUT2D eigenvalue weighted by Gasteiger charge is -2.15. The number of esters is 1. The summed E-state index contributed by atoms with van der Waals surface area (Å²) >= 11 is 0. The summed E-state index contributed by atoms with van der Waals surface area (Å²) in [6.45, 7) is 5.46. The van der Waals surface area contributed by atoms with Gasteiger partial charge in [0.05, 0.1) is 6.10 Å². The number of hydrogen-bond donors (Lipinski definition) is 1. The minimum Gasteiger partial charge on any atom is -0.480 e. The number of carboxylic acids is 1. The number of ether oxygens (including phenoxy) is 1. The average Bonchev–Trinajstić information content (AvgIpc) is 2.28. The maximum atomic E-state index is 11.7. The molecule has 0 bridgehead atoms. The highest BCUT2D eigenvalue weighted by Crippen LogP contribution is 2.11. The van der Waals surface area contributed by atoms with E-state index in [0.717, 1.165) is 12.8 Å². The van der Waals surface area contributed by atoms with Gasteiger partial charge in [0.1, 0.15) is 0 Å². The van der Waals surface area contributed by atoms with Crippen LogP contribution < -0.4 is 0 Å². The van der Waals surface area contributed by atoms with E-state index in [1.807, 2.05) is 13.8 Å². The van der Waals surface area contributed by atoms with E-state index < -0.39 is 23.6 Å². The van der Waals surface area contributed by atoms with Gasteiger partial charge in [-0.1, -0.05) is 26.7 Å². The molecule has 0 spiro atoms. The Morgan fingerprint density at radius 3 is 2.22 bits per heavy atom. The highest BCUT2D eigenvalue weighted by Gasteiger charge is 2.35. The fourth-order valence-electron chi connectivity index (χ4n) is 1.41. The molecule has 0 saturated heterocycles. The van der Waals surface area contributed by atoms with Crippen molar-refractivity contribution in [3.8, 4) is 0 Å². The van der Waals surface area contributed by atoms with E-state index in [4.69, 9.17) is 9.84 Å². The highest BCUT2D eigenvalue weighted by molar-refractivity contribution is 6.14. The van der Waals surface area contributed by atoms with Crippen molar-refractivity contribution < 1.29 is 24.2 Å². The van der Waals surface area contributed by atoms with Crippen LogP contribution in [0.25, 0.3) is 0 Å². The minimum absolute atomic E-state index is 0.112. The fourth-order valence-corrected chi connectivity index (χ4v) is 1.41. The molecule has 0 aromatic carbocycles. The van der Waals surface area contributed by atoms with Gasteiger partial charge in [-0.05, 0) is 19.8 Å². The van der Waals surface area contributed by atoms with E-state index in [9.17, 15) is 14.4 Å². The molecule has 0 amide bonds. The highest BCUT2D eigenvalue weighted by atomic mass is 16.5. The van der Waals surface area contributed by atoms with Crippen molar-refractivity contribution in [3.63, 3.8) is 0 Å². The molecule has 1 N–H and O–H groups in total. The van der Waals surface area contributed by atoms with Crippen molar-refractivity contribution in [3.05, 3.63) is 0 Å². The third-order valence-corrected chi connectivity index (χ3v) is 2.72. The summed E-state index contributed by atoms with van der Waals surface area (Å²) in [7, 11) is 0. The monoisotopic (exact) mass is 258 g/mol. The summed E-state index contributed by atoms with van der Waals surface area (Å²) in [4.78, 5) is 34.3. The van der Waals surface area contributed by atoms with Gasteiger partial charge in [-0.2, -0.15) is 0 Å². The van der Waals surface area contributed by atoms with Crippen LogP contribution in [0.4, 0.5) is 0 Å². The van der Waals surface area contributed by atoms with Crippen LogP contribution in [-0.4, -0.2) is 28.9 Å². The number of unbranched alkanes of at least 4 members (excludes halogenated alkanes) is 2. The van der Waals surface area contributed by atoms with Gasteiger partial charge in [0.15, 0.2) is 5.78 Å². The SMILES string of the molecule is CCCCCC(=O)C(C(=O)O)C(=O)OC(C)CC. The van der Waals surface area contributed by atoms with Crippen LogP contribution in [0.3, 0.4) is 0 Å². The van der Waals surface area contributed by atoms with E-state index in [0.29, 0.717) is 12.8 Å². The van der Waals surface area contributed by atoms with Gasteiger partial charge in [-0.25, -0.2) is 0 Å². The van der Waals surface area contributed by atoms with Crippen molar-refractivity contribution in [2.24, 2.45) is 5.92 Å². The van der Waals surface area contributed by atoms with E-state index in [2.05, 4.69) is 0 Å². The molecule has 0 aromatic rings. The minimum atomic E-state index is -1.67. The molecule has 18 heavy (non-hydrogen) atoms. The average molecular weight is 258 g/mol. The molecular formula is C13H22O5. The maximum Gasteiger partial charge on any atom is 0.328 e. The van der Waals surface area contributed by atoms with E-state index >= 15 is 0 Å². The Bertz CT molecular complexity index is 298. The summed E-state index contributed by atoms with van der Waals surface area (Å²) in [5.74, 6) is -4.61. The van der Waals surface area contributed by atoms with Crippen LogP contribution in [0, 0.1) is 5.92 Å². The standard InChI is InChI=1S/C13H22O5/c1-4-6-7-8-10(14)11(12(15)16)13(17)18-9(3)5-2/h9,11H,4-8H2,1-3H3,(H,15,16). The number of hydrogen-bond acceptors (Lipinski definition) is 4. The van der Waals surface area contributed by atoms with Crippen LogP contribution in [0.2, 0.25) is 0 Å². The molecule has 0 fully saturated rings. The first-order valence-electron chi connectivity index (χ1n) is 6.40. The summed E-state index contributed by atoms with van der Waals surface area (Å²) in [5.41, 5.74) is 0. The van der Waals surface area contributed by atoms with Crippen LogP contribution in [0.5, 0.6) is 0 Å². The number of carbonyl (C=O) groups excluding carboxylic acids is 2. The normalized spacial score (nSPS) is 13.7. The van der Waals surface area contributed by atoms with Crippen molar-refractivity contribution in [1.82, 2.24) is 0 Å². The molecule has 5 heteroatoms. The third-order valence-electron chi connectivity index (χ3n) is 2.72. The molecule has 0 radical (unpaired) electrons. The zero-order chi connectivity index (χ0) is 14.1. The first-order valence-corrected chi connectivity index (χ1v) is 6.40. The predicted molar refractivity (Wildman–Crippen MR) is 66.1 cm³/mol. The lowest BCUT2D eigenvalue weighted by Crippen LogP contribution is -2.34. The number of rotatable bonds is 9. The van der Waals surface area contributed by atoms with Gasteiger partial charge in [0.25, 0.3) is 0 Å². The number of Topliss-reactive ketones (excluding diaryl/α,β-unsaturated/α-hetero) is 1. The molecular weight excluding hydrogens is 236 g/mol. The molecule has 0 aliphatic rings. The molecule has 0 saturated carbocycles. The number of carboxylic acid groups (broad SMARTS) is 1. The molecule has 0 aromatic heterocycles. The molecule has 0 aliphatic heterocycles. The van der Waals surface area contributed by atoms with Gasteiger partial charge in [-0.15, -0.1) is 0 Å². The predicted octanol–water partition coefficient (Wildman–Crippen LogP) is 2.18. The smallest absolute Gasteiger partial charge is 0.328 e. The Hall–Kier alpha value is -1.39. The zero-order valence-electron chi connectivity index (χ0n) is 11.3. The van der Waals surface area contributed by atoms with Gasteiger partial charge in [-0.3, -0.25) is 14.4 Å². The topological polar surface area (TPSA) is 80.7 Å². The van der Waals surface area contributed by atoms with Crippen molar-refractivity contribution >= 4 is 17.7 Å². The van der Waals surface area contributed by atoms with Gasteiger partial charge < -0.3 is 9.84 Å². The lowest BCUT2D eigenvalue weighted by molar-refractivity contribution is -0.164. The van der Waals surface area contributed by atoms with Crippen LogP contribution in [0.15, 0.2) is 0 Å². The van der Waals surface area contributed by atoms with Crippen LogP contribution in [0.1, 0.15) is 52.9 Å². The van der Waals surface area contributed by atoms with Gasteiger partial charge in [0, 0.05) is 6.42 Å². The summed E-state index contributed by atoms with van der Waals surface area (Å²) in [5, 5.41) is 8.93. The molecule has 2 atom stereocenters. The quantitative estimate of drug-likeness (QED) is 0.389. The Morgan fingerprint density at radius 2 is 1.78 bits per heavy atom. The molecule has 0 aliphatic carbocycles. The Labute approximate surface area is 108 Å². The van der Waals surface area contributed by atoms with Crippen LogP contribution in [-0.2, 0) is 19.1 Å². The molecule has 104 valence electrons. The Morgan fingerprint density at radius 1 is 1.17 bits per heavy atom. The molecule has 5 nitrogen and oxygen atoms in total. The van der Waals surface area contributed by atoms with E-state index in [1.54, 1.807) is 6.92 Å². The lowest BCUT2D eigenvalue weighted by atomic mass is 9.99. The third kappa shape index (κ3) is 5.80. The van der Waals surface area contributed by atoms with Crippen molar-refractivity contribution in [2.75, 3.05) is 0 Å². The van der Waals surface area contributed by atoms with Crippen molar-refractivity contribution in [2.45, 2.75) is 59.0 Å². The summed E-state index contributed by atoms with van der Waals surface area (Å²) < 4.78 is 4.91. The first kappa shape index (κ1) is 16.6. The molecule has 2 unspecified atom stereocenters. The van der Waals surface area contributed by atoms with E-state index in [1.165, 1.54) is 0 Å². The maximum absolute atomic E-state index is 11.7. The summed E-state index contributed by atoms with van der Waals surface area (Å²) in [6.07, 6.45) is 2.71. The number of ketones is 1. The molecule has 0 heterocycles. The number of carbonyl (C=O) groups is 3. The summed E-state index contributed by atoms with van der Waals surface area (Å²) in [6, 6.07) is 0. The first-order chi connectivity index (χ1) is 8.43. The Balaban J connectivity index is 4.50. The molecule has 0 rings (SSSR count). The van der Waals surface area contributed by atoms with Crippen molar-refractivity contribution in [1.29, 1.82) is 0 Å². The van der Waals surface area contributed by atoms with E-state index in [-0.39, 0.29) is 12.5 Å². The van der Waals surface area contributed by atoms with Gasteiger partial charge in [0.2, 0.25) is 5.92 Å². The number of aliphatic carboxylic acids is 1. The van der Waals surface area contributed by atoms with Crippen LogP contribution >= 0.6 is 0 Å².